The lowest BCUT2D eigenvalue weighted by atomic mass is 9.99. The van der Waals surface area contributed by atoms with Gasteiger partial charge in [0.25, 0.3) is 5.91 Å². The molecule has 2 atom stereocenters. The minimum Gasteiger partial charge on any atom is -0.394 e. The summed E-state index contributed by atoms with van der Waals surface area (Å²) < 4.78 is 15.9. The molecule has 0 bridgehead atoms. The van der Waals surface area contributed by atoms with Gasteiger partial charge in [0.15, 0.2) is 0 Å². The molecule has 3 N–H and O–H groups in total. The third-order valence-electron chi connectivity index (χ3n) is 5.34. The summed E-state index contributed by atoms with van der Waals surface area (Å²) in [6.45, 7) is 3.48. The van der Waals surface area contributed by atoms with Gasteiger partial charge in [-0.25, -0.2) is 14.4 Å². The van der Waals surface area contributed by atoms with Crippen molar-refractivity contribution >= 4 is 22.6 Å². The summed E-state index contributed by atoms with van der Waals surface area (Å²) in [6.07, 6.45) is 5.08. The molecule has 33 heavy (non-hydrogen) atoms. The van der Waals surface area contributed by atoms with E-state index in [1.54, 1.807) is 67.6 Å². The number of fused-ring (bicyclic) bond motifs is 1. The van der Waals surface area contributed by atoms with Crippen LogP contribution < -0.4 is 10.6 Å². The predicted molar refractivity (Wildman–Crippen MR) is 123 cm³/mol. The smallest absolute Gasteiger partial charge is 0.270 e. The summed E-state index contributed by atoms with van der Waals surface area (Å²) in [5.74, 6) is -0.191. The van der Waals surface area contributed by atoms with Crippen LogP contribution >= 0.6 is 0 Å². The number of nitrogens with zero attached hydrogens (tertiary/aromatic N) is 4. The summed E-state index contributed by atoms with van der Waals surface area (Å²) in [5.41, 5.74) is 2.66. The van der Waals surface area contributed by atoms with E-state index in [2.05, 4.69) is 25.7 Å². The molecule has 0 saturated carbocycles. The van der Waals surface area contributed by atoms with Crippen molar-refractivity contribution in [2.75, 3.05) is 11.9 Å². The summed E-state index contributed by atoms with van der Waals surface area (Å²) >= 11 is 0. The Labute approximate surface area is 190 Å². The molecule has 0 aliphatic rings. The highest BCUT2D eigenvalue weighted by molar-refractivity contribution is 5.95. The average Bonchev–Trinajstić information content (AvgIpc) is 3.24. The number of carbonyl (C=O) groups is 1. The molecule has 0 fully saturated rings. The number of rotatable bonds is 7. The number of aromatic nitrogens is 4. The van der Waals surface area contributed by atoms with Crippen molar-refractivity contribution in [2.45, 2.75) is 25.9 Å². The zero-order chi connectivity index (χ0) is 23.5. The highest BCUT2D eigenvalue weighted by Crippen LogP contribution is 2.24. The third kappa shape index (κ3) is 4.98. The number of pyridine rings is 2. The first-order valence-electron chi connectivity index (χ1n) is 10.5. The van der Waals surface area contributed by atoms with Gasteiger partial charge in [0.05, 0.1) is 24.4 Å². The normalized spacial score (nSPS) is 13.0. The third-order valence-corrected chi connectivity index (χ3v) is 5.34. The molecule has 0 unspecified atom stereocenters. The lowest BCUT2D eigenvalue weighted by molar-refractivity contribution is 0.0938. The summed E-state index contributed by atoms with van der Waals surface area (Å²) in [7, 11) is 1.78. The largest absolute Gasteiger partial charge is 0.394 e. The Hall–Kier alpha value is -3.85. The van der Waals surface area contributed by atoms with Gasteiger partial charge < -0.3 is 15.7 Å². The molecule has 3 heterocycles. The molecule has 4 rings (SSSR count). The molecule has 8 nitrogen and oxygen atoms in total. The lowest BCUT2D eigenvalue weighted by Gasteiger charge is -2.18. The van der Waals surface area contributed by atoms with Gasteiger partial charge in [-0.05, 0) is 43.2 Å². The first-order chi connectivity index (χ1) is 15.8. The van der Waals surface area contributed by atoms with Crippen LogP contribution in [0.15, 0.2) is 55.0 Å². The van der Waals surface area contributed by atoms with E-state index < -0.39 is 11.9 Å². The highest BCUT2D eigenvalue weighted by Gasteiger charge is 2.21. The lowest BCUT2D eigenvalue weighted by Crippen LogP contribution is -2.30. The molecule has 0 spiro atoms. The van der Waals surface area contributed by atoms with Crippen molar-refractivity contribution in [1.82, 2.24) is 25.1 Å². The number of hydrogen-bond acceptors (Lipinski definition) is 6. The molecule has 9 heteroatoms. The number of aliphatic hydroxyl groups excluding tert-OH is 1. The first-order valence-corrected chi connectivity index (χ1v) is 10.5. The van der Waals surface area contributed by atoms with Gasteiger partial charge >= 0.3 is 0 Å². The van der Waals surface area contributed by atoms with Crippen molar-refractivity contribution in [3.05, 3.63) is 83.2 Å². The number of carbonyl (C=O) groups excluding carboxylic acids is 1. The minimum atomic E-state index is -0.598. The molecule has 3 aromatic heterocycles. The van der Waals surface area contributed by atoms with E-state index in [4.69, 9.17) is 0 Å². The SMILES string of the molecule is Cc1ccc([C@H](NC(=O)c2ccc3cnc(N[C@@H](C)CO)cc3n2)c2cnn(C)c2)cc1F. The monoisotopic (exact) mass is 448 g/mol. The zero-order valence-electron chi connectivity index (χ0n) is 18.6. The van der Waals surface area contributed by atoms with Crippen molar-refractivity contribution in [3.8, 4) is 0 Å². The number of benzene rings is 1. The molecule has 0 aliphatic heterocycles. The van der Waals surface area contributed by atoms with Crippen LogP contribution in [-0.4, -0.2) is 43.4 Å². The van der Waals surface area contributed by atoms with E-state index in [-0.39, 0.29) is 24.2 Å². The molecule has 1 amide bonds. The van der Waals surface area contributed by atoms with Gasteiger partial charge in [0.1, 0.15) is 17.3 Å². The molecule has 0 saturated heterocycles. The maximum Gasteiger partial charge on any atom is 0.270 e. The van der Waals surface area contributed by atoms with Gasteiger partial charge in [-0.1, -0.05) is 12.1 Å². The predicted octanol–water partition coefficient (Wildman–Crippen LogP) is 3.12. The molecule has 170 valence electrons. The number of anilines is 1. The number of aryl methyl sites for hydroxylation is 2. The maximum absolute atomic E-state index is 14.3. The van der Waals surface area contributed by atoms with E-state index >= 15 is 0 Å². The minimum absolute atomic E-state index is 0.0368. The summed E-state index contributed by atoms with van der Waals surface area (Å²) in [5, 5.41) is 20.2. The van der Waals surface area contributed by atoms with Crippen LogP contribution in [0.25, 0.3) is 10.9 Å². The van der Waals surface area contributed by atoms with Gasteiger partial charge in [-0.3, -0.25) is 9.48 Å². The Morgan fingerprint density at radius 1 is 1.18 bits per heavy atom. The Morgan fingerprint density at radius 2 is 2.00 bits per heavy atom. The van der Waals surface area contributed by atoms with Gasteiger partial charge in [-0.15, -0.1) is 0 Å². The number of hydrogen-bond donors (Lipinski definition) is 3. The van der Waals surface area contributed by atoms with Crippen LogP contribution in [-0.2, 0) is 7.05 Å². The molecule has 0 aliphatic carbocycles. The van der Waals surface area contributed by atoms with Crippen LogP contribution in [0, 0.1) is 12.7 Å². The highest BCUT2D eigenvalue weighted by atomic mass is 19.1. The fourth-order valence-corrected chi connectivity index (χ4v) is 3.46. The summed E-state index contributed by atoms with van der Waals surface area (Å²) in [4.78, 5) is 22.0. The first kappa shape index (κ1) is 22.3. The molecule has 0 radical (unpaired) electrons. The Morgan fingerprint density at radius 3 is 2.70 bits per heavy atom. The van der Waals surface area contributed by atoms with Crippen molar-refractivity contribution in [1.29, 1.82) is 0 Å². The summed E-state index contributed by atoms with van der Waals surface area (Å²) in [6, 6.07) is 9.25. The maximum atomic E-state index is 14.3. The molecule has 4 aromatic rings. The van der Waals surface area contributed by atoms with Gasteiger partial charge in [0.2, 0.25) is 0 Å². The van der Waals surface area contributed by atoms with E-state index in [9.17, 15) is 14.3 Å². The Balaban J connectivity index is 1.65. The molecule has 1 aromatic carbocycles. The number of nitrogens with one attached hydrogen (secondary N) is 2. The van der Waals surface area contributed by atoms with Crippen LogP contribution in [0.5, 0.6) is 0 Å². The van der Waals surface area contributed by atoms with E-state index in [1.165, 1.54) is 6.07 Å². The van der Waals surface area contributed by atoms with Crippen molar-refractivity contribution in [2.24, 2.45) is 7.05 Å². The second kappa shape index (κ2) is 9.33. The van der Waals surface area contributed by atoms with Crippen LogP contribution in [0.4, 0.5) is 10.2 Å². The molecular formula is C24H25FN6O2. The average molecular weight is 449 g/mol. The fraction of sp³-hybridized carbons (Fsp3) is 0.250. The topological polar surface area (TPSA) is 105 Å². The quantitative estimate of drug-likeness (QED) is 0.401. The van der Waals surface area contributed by atoms with Gasteiger partial charge in [0, 0.05) is 42.5 Å². The van der Waals surface area contributed by atoms with E-state index in [0.29, 0.717) is 22.5 Å². The zero-order valence-corrected chi connectivity index (χ0v) is 18.6. The number of aliphatic hydroxyl groups is 1. The van der Waals surface area contributed by atoms with Crippen LogP contribution in [0.3, 0.4) is 0 Å². The van der Waals surface area contributed by atoms with Crippen LogP contribution in [0.2, 0.25) is 0 Å². The standard InChI is InChI=1S/C24H25FN6O2/c1-14-4-5-16(8-19(14)25)23(18-11-27-31(3)12-18)30-24(33)20-7-6-17-10-26-22(9-21(17)29-20)28-15(2)13-32/h4-12,15,23,32H,13H2,1-3H3,(H,26,28)(H,30,33)/t15-,23-/m0/s1. The number of amides is 1. The van der Waals surface area contributed by atoms with Crippen molar-refractivity contribution in [3.63, 3.8) is 0 Å². The number of halogens is 1. The van der Waals surface area contributed by atoms with Crippen LogP contribution in [0.1, 0.15) is 40.1 Å². The second-order valence-electron chi connectivity index (χ2n) is 8.05. The van der Waals surface area contributed by atoms with E-state index in [0.717, 1.165) is 10.9 Å². The van der Waals surface area contributed by atoms with E-state index in [1.807, 2.05) is 6.92 Å². The second-order valence-corrected chi connectivity index (χ2v) is 8.05. The Kier molecular flexibility index (Phi) is 6.32. The molecular weight excluding hydrogens is 423 g/mol. The Bertz CT molecular complexity index is 1310. The van der Waals surface area contributed by atoms with Gasteiger partial charge in [-0.2, -0.15) is 5.10 Å². The fourth-order valence-electron chi connectivity index (χ4n) is 3.46. The van der Waals surface area contributed by atoms with Crippen molar-refractivity contribution < 1.29 is 14.3 Å².